The summed E-state index contributed by atoms with van der Waals surface area (Å²) in [5, 5.41) is 0.522. The summed E-state index contributed by atoms with van der Waals surface area (Å²) in [7, 11) is 1.56. The largest absolute Gasteiger partial charge is 0.493 e. The molecule has 18 heavy (non-hydrogen) atoms. The number of methoxy groups -OCH3 is 1. The van der Waals surface area contributed by atoms with Gasteiger partial charge in [0.2, 0.25) is 5.88 Å². The maximum absolute atomic E-state index is 5.81. The van der Waals surface area contributed by atoms with Crippen molar-refractivity contribution in [1.29, 1.82) is 0 Å². The molecule has 0 amide bonds. The third-order valence-corrected chi connectivity index (χ3v) is 2.94. The first kappa shape index (κ1) is 13.0. The molecule has 0 aliphatic rings. The number of hydrogen-bond donors (Lipinski definition) is 1. The first-order valence-corrected chi connectivity index (χ1v) is 6.19. The number of halogens is 2. The molecule has 0 aliphatic carbocycles. The molecule has 0 saturated carbocycles. The van der Waals surface area contributed by atoms with E-state index >= 15 is 0 Å². The highest BCUT2D eigenvalue weighted by Crippen LogP contribution is 2.35. The van der Waals surface area contributed by atoms with Crippen molar-refractivity contribution in [2.75, 3.05) is 12.8 Å². The van der Waals surface area contributed by atoms with Gasteiger partial charge in [-0.2, -0.15) is 0 Å². The third-order valence-electron chi connectivity index (χ3n) is 2.17. The summed E-state index contributed by atoms with van der Waals surface area (Å²) in [5.74, 6) is 1.46. The van der Waals surface area contributed by atoms with Crippen molar-refractivity contribution in [3.8, 4) is 17.4 Å². The maximum Gasteiger partial charge on any atom is 0.233 e. The van der Waals surface area contributed by atoms with Crippen LogP contribution in [0.4, 0.5) is 5.69 Å². The van der Waals surface area contributed by atoms with Crippen molar-refractivity contribution in [2.24, 2.45) is 0 Å². The zero-order valence-electron chi connectivity index (χ0n) is 9.48. The lowest BCUT2D eigenvalue weighted by Crippen LogP contribution is -1.94. The Kier molecular flexibility index (Phi) is 3.93. The molecule has 0 fully saturated rings. The van der Waals surface area contributed by atoms with Crippen molar-refractivity contribution in [2.45, 2.75) is 0 Å². The van der Waals surface area contributed by atoms with Gasteiger partial charge < -0.3 is 15.2 Å². The number of rotatable bonds is 3. The standard InChI is InChI=1S/C12H10BrClN2O2/c1-17-10-3-2-8(15)5-11(10)18-12-9(13)4-7(14)6-16-12/h2-6H,15H2,1H3. The molecular formula is C12H10BrClN2O2. The summed E-state index contributed by atoms with van der Waals surface area (Å²) in [6, 6.07) is 6.83. The number of aromatic nitrogens is 1. The van der Waals surface area contributed by atoms with Crippen LogP contribution in [0.2, 0.25) is 5.02 Å². The van der Waals surface area contributed by atoms with Crippen molar-refractivity contribution < 1.29 is 9.47 Å². The fourth-order valence-corrected chi connectivity index (χ4v) is 2.07. The summed E-state index contributed by atoms with van der Waals surface area (Å²) >= 11 is 9.14. The molecule has 0 radical (unpaired) electrons. The van der Waals surface area contributed by atoms with E-state index in [0.29, 0.717) is 32.6 Å². The zero-order chi connectivity index (χ0) is 13.1. The Morgan fingerprint density at radius 2 is 2.06 bits per heavy atom. The first-order valence-electron chi connectivity index (χ1n) is 5.02. The molecule has 1 aromatic heterocycles. The number of hydrogen-bond acceptors (Lipinski definition) is 4. The Morgan fingerprint density at radius 3 is 2.72 bits per heavy atom. The van der Waals surface area contributed by atoms with Crippen molar-refractivity contribution in [3.05, 3.63) is 40.0 Å². The molecule has 0 spiro atoms. The van der Waals surface area contributed by atoms with E-state index in [-0.39, 0.29) is 0 Å². The Hall–Kier alpha value is -1.46. The second-order valence-corrected chi connectivity index (χ2v) is 4.74. The van der Waals surface area contributed by atoms with Gasteiger partial charge in [0.15, 0.2) is 11.5 Å². The molecule has 1 aromatic carbocycles. The van der Waals surface area contributed by atoms with Crippen LogP contribution >= 0.6 is 27.5 Å². The van der Waals surface area contributed by atoms with Crippen LogP contribution in [-0.4, -0.2) is 12.1 Å². The van der Waals surface area contributed by atoms with Crippen molar-refractivity contribution >= 4 is 33.2 Å². The van der Waals surface area contributed by atoms with E-state index in [2.05, 4.69) is 20.9 Å². The summed E-state index contributed by atoms with van der Waals surface area (Å²) in [6.45, 7) is 0. The van der Waals surface area contributed by atoms with E-state index in [0.717, 1.165) is 0 Å². The van der Waals surface area contributed by atoms with Gasteiger partial charge in [-0.05, 0) is 34.1 Å². The average Bonchev–Trinajstić information content (AvgIpc) is 2.33. The SMILES string of the molecule is COc1ccc(N)cc1Oc1ncc(Cl)cc1Br. The van der Waals surface area contributed by atoms with E-state index < -0.39 is 0 Å². The van der Waals surface area contributed by atoms with Crippen molar-refractivity contribution in [3.63, 3.8) is 0 Å². The molecule has 4 nitrogen and oxygen atoms in total. The van der Waals surface area contributed by atoms with Crippen LogP contribution in [0.15, 0.2) is 34.9 Å². The van der Waals surface area contributed by atoms with E-state index in [9.17, 15) is 0 Å². The van der Waals surface area contributed by atoms with E-state index in [1.54, 1.807) is 31.4 Å². The second-order valence-electron chi connectivity index (χ2n) is 3.45. The smallest absolute Gasteiger partial charge is 0.233 e. The first-order chi connectivity index (χ1) is 8.60. The quantitative estimate of drug-likeness (QED) is 0.868. The summed E-state index contributed by atoms with van der Waals surface area (Å²) in [6.07, 6.45) is 1.50. The number of anilines is 1. The molecule has 0 unspecified atom stereocenters. The fourth-order valence-electron chi connectivity index (χ4n) is 1.35. The van der Waals surface area contributed by atoms with Gasteiger partial charge >= 0.3 is 0 Å². The monoisotopic (exact) mass is 328 g/mol. The molecular weight excluding hydrogens is 320 g/mol. The van der Waals surface area contributed by atoms with Crippen LogP contribution in [-0.2, 0) is 0 Å². The minimum atomic E-state index is 0.392. The Balaban J connectivity index is 2.36. The lowest BCUT2D eigenvalue weighted by molar-refractivity contribution is 0.373. The maximum atomic E-state index is 5.81. The highest BCUT2D eigenvalue weighted by Gasteiger charge is 2.10. The molecule has 1 heterocycles. The second kappa shape index (κ2) is 5.46. The van der Waals surface area contributed by atoms with E-state index in [1.165, 1.54) is 6.20 Å². The summed E-state index contributed by atoms with van der Waals surface area (Å²) in [5.41, 5.74) is 6.29. The Bertz CT molecular complexity index is 578. The molecule has 0 aliphatic heterocycles. The minimum Gasteiger partial charge on any atom is -0.493 e. The van der Waals surface area contributed by atoms with Gasteiger partial charge in [0, 0.05) is 18.0 Å². The number of benzene rings is 1. The zero-order valence-corrected chi connectivity index (χ0v) is 11.8. The number of ether oxygens (including phenoxy) is 2. The summed E-state index contributed by atoms with van der Waals surface area (Å²) in [4.78, 5) is 4.08. The predicted molar refractivity (Wildman–Crippen MR) is 74.4 cm³/mol. The van der Waals surface area contributed by atoms with Gasteiger partial charge in [-0.3, -0.25) is 0 Å². The normalized spacial score (nSPS) is 10.2. The lowest BCUT2D eigenvalue weighted by Gasteiger charge is -2.11. The molecule has 2 N–H and O–H groups in total. The molecule has 0 bridgehead atoms. The number of nitrogens with two attached hydrogens (primary N) is 1. The third kappa shape index (κ3) is 2.86. The molecule has 0 atom stereocenters. The lowest BCUT2D eigenvalue weighted by atomic mass is 10.3. The fraction of sp³-hybridized carbons (Fsp3) is 0.0833. The van der Waals surface area contributed by atoms with Crippen LogP contribution in [0.1, 0.15) is 0 Å². The predicted octanol–water partition coefficient (Wildman–Crippen LogP) is 3.88. The minimum absolute atomic E-state index is 0.392. The van der Waals surface area contributed by atoms with Crippen LogP contribution in [0.25, 0.3) is 0 Å². The summed E-state index contributed by atoms with van der Waals surface area (Å²) < 4.78 is 11.5. The number of nitrogen functional groups attached to an aromatic ring is 1. The van der Waals surface area contributed by atoms with E-state index in [1.807, 2.05) is 0 Å². The molecule has 94 valence electrons. The Morgan fingerprint density at radius 1 is 1.28 bits per heavy atom. The topological polar surface area (TPSA) is 57.4 Å². The highest BCUT2D eigenvalue weighted by atomic mass is 79.9. The van der Waals surface area contributed by atoms with Crippen LogP contribution in [0.5, 0.6) is 17.4 Å². The van der Waals surface area contributed by atoms with Crippen LogP contribution < -0.4 is 15.2 Å². The van der Waals surface area contributed by atoms with Gasteiger partial charge in [0.25, 0.3) is 0 Å². The van der Waals surface area contributed by atoms with Crippen LogP contribution in [0.3, 0.4) is 0 Å². The van der Waals surface area contributed by atoms with Gasteiger partial charge in [-0.1, -0.05) is 11.6 Å². The van der Waals surface area contributed by atoms with E-state index in [4.69, 9.17) is 26.8 Å². The molecule has 0 saturated heterocycles. The number of nitrogens with zero attached hydrogens (tertiary/aromatic N) is 1. The Labute approximate surface area is 118 Å². The van der Waals surface area contributed by atoms with Crippen molar-refractivity contribution in [1.82, 2.24) is 4.98 Å². The van der Waals surface area contributed by atoms with Gasteiger partial charge in [-0.15, -0.1) is 0 Å². The van der Waals surface area contributed by atoms with Gasteiger partial charge in [0.1, 0.15) is 0 Å². The van der Waals surface area contributed by atoms with Crippen LogP contribution in [0, 0.1) is 0 Å². The number of pyridine rings is 1. The molecule has 6 heteroatoms. The molecule has 2 aromatic rings. The highest BCUT2D eigenvalue weighted by molar-refractivity contribution is 9.10. The average molecular weight is 330 g/mol. The van der Waals surface area contributed by atoms with Gasteiger partial charge in [-0.25, -0.2) is 4.98 Å². The molecule has 2 rings (SSSR count). The van der Waals surface area contributed by atoms with Gasteiger partial charge in [0.05, 0.1) is 16.6 Å².